The molecule has 78 valence electrons. The monoisotopic (exact) mass is 205 g/mol. The molecule has 3 heterocycles. The summed E-state index contributed by atoms with van der Waals surface area (Å²) >= 11 is 0. The number of ether oxygens (including phenoxy) is 1. The summed E-state index contributed by atoms with van der Waals surface area (Å²) in [6.07, 6.45) is 3.74. The first-order chi connectivity index (χ1) is 7.34. The minimum Gasteiger partial charge on any atom is -0.469 e. The summed E-state index contributed by atoms with van der Waals surface area (Å²) in [5.74, 6) is 1.40. The van der Waals surface area contributed by atoms with Gasteiger partial charge in [0.2, 0.25) is 5.65 Å². The number of rotatable bonds is 2. The van der Waals surface area contributed by atoms with E-state index in [9.17, 15) is 0 Å². The van der Waals surface area contributed by atoms with Crippen molar-refractivity contribution >= 4 is 5.65 Å². The molecule has 0 atom stereocenters. The van der Waals surface area contributed by atoms with E-state index >= 15 is 0 Å². The third-order valence-electron chi connectivity index (χ3n) is 2.49. The summed E-state index contributed by atoms with van der Waals surface area (Å²) in [4.78, 5) is 4.17. The van der Waals surface area contributed by atoms with Gasteiger partial charge in [0.15, 0.2) is 0 Å². The van der Waals surface area contributed by atoms with Crippen LogP contribution in [0, 0.1) is 6.92 Å². The van der Waals surface area contributed by atoms with Gasteiger partial charge in [-0.2, -0.15) is 0 Å². The van der Waals surface area contributed by atoms with E-state index in [1.165, 1.54) is 0 Å². The van der Waals surface area contributed by atoms with Gasteiger partial charge in [-0.25, -0.2) is 4.98 Å². The lowest BCUT2D eigenvalue weighted by molar-refractivity contribution is 0.137. The van der Waals surface area contributed by atoms with Crippen molar-refractivity contribution in [1.82, 2.24) is 24.9 Å². The summed E-state index contributed by atoms with van der Waals surface area (Å²) in [5.41, 5.74) is 0.682. The first-order valence-corrected chi connectivity index (χ1v) is 4.88. The molecule has 1 fully saturated rings. The lowest BCUT2D eigenvalue weighted by Gasteiger charge is -2.27. The Balaban J connectivity index is 2.01. The highest BCUT2D eigenvalue weighted by atomic mass is 16.5. The molecule has 0 unspecified atom stereocenters. The molecule has 1 aliphatic heterocycles. The maximum atomic E-state index is 5.68. The Bertz CT molecular complexity index is 490. The summed E-state index contributed by atoms with van der Waals surface area (Å²) in [6, 6.07) is 0. The van der Waals surface area contributed by atoms with Crippen molar-refractivity contribution in [3.05, 3.63) is 18.2 Å². The van der Waals surface area contributed by atoms with Gasteiger partial charge in [0.25, 0.3) is 5.88 Å². The number of aromatic nitrogens is 4. The van der Waals surface area contributed by atoms with Crippen molar-refractivity contribution in [3.63, 3.8) is 0 Å². The molecule has 2 aromatic rings. The van der Waals surface area contributed by atoms with E-state index in [-0.39, 0.29) is 6.10 Å². The van der Waals surface area contributed by atoms with Gasteiger partial charge >= 0.3 is 0 Å². The maximum absolute atomic E-state index is 5.68. The number of hydrogen-bond donors (Lipinski definition) is 1. The molecule has 1 N–H and O–H groups in total. The standard InChI is InChI=1S/C9H11N5O/c1-6-12-13-8-9(11-2-3-14(6)8)15-7-4-10-5-7/h2-3,7,10H,4-5H2,1H3. The molecule has 0 radical (unpaired) electrons. The van der Waals surface area contributed by atoms with Crippen LogP contribution in [0.25, 0.3) is 5.65 Å². The number of fused-ring (bicyclic) bond motifs is 1. The smallest absolute Gasteiger partial charge is 0.260 e. The molecule has 0 spiro atoms. The van der Waals surface area contributed by atoms with Gasteiger partial charge < -0.3 is 10.1 Å². The van der Waals surface area contributed by atoms with Crippen LogP contribution in [0.1, 0.15) is 5.82 Å². The Hall–Kier alpha value is -1.69. The number of nitrogens with zero attached hydrogens (tertiary/aromatic N) is 4. The predicted octanol–water partition coefficient (Wildman–Crippen LogP) is -0.217. The maximum Gasteiger partial charge on any atom is 0.260 e. The molecule has 1 aliphatic rings. The van der Waals surface area contributed by atoms with E-state index in [2.05, 4.69) is 20.5 Å². The number of nitrogens with one attached hydrogen (secondary N) is 1. The Labute approximate surface area is 86.3 Å². The average Bonchev–Trinajstić information content (AvgIpc) is 2.55. The van der Waals surface area contributed by atoms with Crippen LogP contribution < -0.4 is 10.1 Å². The molecule has 0 saturated carbocycles. The second kappa shape index (κ2) is 3.16. The van der Waals surface area contributed by atoms with Crippen LogP contribution in [-0.4, -0.2) is 38.8 Å². The lowest BCUT2D eigenvalue weighted by Crippen LogP contribution is -2.50. The van der Waals surface area contributed by atoms with E-state index in [0.29, 0.717) is 11.5 Å². The van der Waals surface area contributed by atoms with Crippen molar-refractivity contribution in [2.24, 2.45) is 0 Å². The highest BCUT2D eigenvalue weighted by Gasteiger charge is 2.20. The number of aryl methyl sites for hydroxylation is 1. The average molecular weight is 205 g/mol. The van der Waals surface area contributed by atoms with E-state index in [1.54, 1.807) is 6.20 Å². The van der Waals surface area contributed by atoms with Gasteiger partial charge in [-0.15, -0.1) is 10.2 Å². The van der Waals surface area contributed by atoms with Crippen molar-refractivity contribution < 1.29 is 4.74 Å². The fraction of sp³-hybridized carbons (Fsp3) is 0.444. The molecule has 6 nitrogen and oxygen atoms in total. The topological polar surface area (TPSA) is 64.3 Å². The quantitative estimate of drug-likeness (QED) is 0.734. The zero-order chi connectivity index (χ0) is 10.3. The predicted molar refractivity (Wildman–Crippen MR) is 52.8 cm³/mol. The van der Waals surface area contributed by atoms with E-state index < -0.39 is 0 Å². The molecule has 6 heteroatoms. The molecular formula is C9H11N5O. The molecular weight excluding hydrogens is 194 g/mol. The summed E-state index contributed by atoms with van der Waals surface area (Å²) in [6.45, 7) is 3.64. The summed E-state index contributed by atoms with van der Waals surface area (Å²) in [7, 11) is 0. The largest absolute Gasteiger partial charge is 0.469 e. The second-order valence-corrected chi connectivity index (χ2v) is 3.57. The van der Waals surface area contributed by atoms with Crippen LogP contribution in [0.15, 0.2) is 12.4 Å². The molecule has 1 saturated heterocycles. The van der Waals surface area contributed by atoms with Crippen LogP contribution in [0.5, 0.6) is 5.88 Å². The van der Waals surface area contributed by atoms with Crippen molar-refractivity contribution in [1.29, 1.82) is 0 Å². The van der Waals surface area contributed by atoms with E-state index in [1.807, 2.05) is 17.5 Å². The van der Waals surface area contributed by atoms with Crippen LogP contribution >= 0.6 is 0 Å². The van der Waals surface area contributed by atoms with E-state index in [0.717, 1.165) is 18.9 Å². The first kappa shape index (κ1) is 8.60. The second-order valence-electron chi connectivity index (χ2n) is 3.57. The highest BCUT2D eigenvalue weighted by Crippen LogP contribution is 2.16. The fourth-order valence-electron chi connectivity index (χ4n) is 1.51. The van der Waals surface area contributed by atoms with Gasteiger partial charge in [-0.3, -0.25) is 4.40 Å². The molecule has 0 bridgehead atoms. The Morgan fingerprint density at radius 3 is 3.07 bits per heavy atom. The normalized spacial score (nSPS) is 16.6. The minimum atomic E-state index is 0.209. The zero-order valence-corrected chi connectivity index (χ0v) is 8.34. The van der Waals surface area contributed by atoms with Crippen molar-refractivity contribution in [2.75, 3.05) is 13.1 Å². The Morgan fingerprint density at radius 1 is 1.47 bits per heavy atom. The van der Waals surface area contributed by atoms with Crippen molar-refractivity contribution in [2.45, 2.75) is 13.0 Å². The molecule has 3 rings (SSSR count). The Kier molecular flexibility index (Phi) is 1.81. The third-order valence-corrected chi connectivity index (χ3v) is 2.49. The van der Waals surface area contributed by atoms with Gasteiger partial charge in [0, 0.05) is 25.5 Å². The minimum absolute atomic E-state index is 0.209. The molecule has 15 heavy (non-hydrogen) atoms. The van der Waals surface area contributed by atoms with Gasteiger partial charge in [0.1, 0.15) is 11.9 Å². The van der Waals surface area contributed by atoms with Crippen molar-refractivity contribution in [3.8, 4) is 5.88 Å². The fourth-order valence-corrected chi connectivity index (χ4v) is 1.51. The first-order valence-electron chi connectivity index (χ1n) is 4.88. The van der Waals surface area contributed by atoms with Crippen LogP contribution in [-0.2, 0) is 0 Å². The van der Waals surface area contributed by atoms with Crippen LogP contribution in [0.2, 0.25) is 0 Å². The van der Waals surface area contributed by atoms with Gasteiger partial charge in [-0.05, 0) is 6.92 Å². The summed E-state index contributed by atoms with van der Waals surface area (Å²) in [5, 5.41) is 11.2. The molecule has 0 amide bonds. The summed E-state index contributed by atoms with van der Waals surface area (Å²) < 4.78 is 7.55. The molecule has 2 aromatic heterocycles. The number of hydrogen-bond acceptors (Lipinski definition) is 5. The molecule has 0 aliphatic carbocycles. The van der Waals surface area contributed by atoms with Crippen LogP contribution in [0.3, 0.4) is 0 Å². The third kappa shape index (κ3) is 1.33. The van der Waals surface area contributed by atoms with Gasteiger partial charge in [0.05, 0.1) is 0 Å². The highest BCUT2D eigenvalue weighted by molar-refractivity contribution is 5.48. The van der Waals surface area contributed by atoms with Crippen LogP contribution in [0.4, 0.5) is 0 Å². The Morgan fingerprint density at radius 2 is 2.33 bits per heavy atom. The van der Waals surface area contributed by atoms with E-state index in [4.69, 9.17) is 4.74 Å². The lowest BCUT2D eigenvalue weighted by atomic mass is 10.2. The molecule has 0 aromatic carbocycles. The van der Waals surface area contributed by atoms with Gasteiger partial charge in [-0.1, -0.05) is 0 Å². The zero-order valence-electron chi connectivity index (χ0n) is 8.34. The SMILES string of the molecule is Cc1nnc2c(OC3CNC3)nccn12.